The average molecular weight is 406 g/mol. The number of carbonyl (C=O) groups excluding carboxylic acids is 1. The van der Waals surface area contributed by atoms with Gasteiger partial charge in [0.05, 0.1) is 5.69 Å². The monoisotopic (exact) mass is 406 g/mol. The van der Waals surface area contributed by atoms with Crippen LogP contribution in [0, 0.1) is 12.7 Å². The topological polar surface area (TPSA) is 59.8 Å². The number of hydrogen-bond acceptors (Lipinski definition) is 4. The van der Waals surface area contributed by atoms with E-state index in [4.69, 9.17) is 0 Å². The smallest absolute Gasteiger partial charge is 0.264 e. The lowest BCUT2D eigenvalue weighted by Gasteiger charge is -2.19. The van der Waals surface area contributed by atoms with Gasteiger partial charge in [-0.2, -0.15) is 0 Å². The first kappa shape index (κ1) is 19.0. The van der Waals surface area contributed by atoms with Crippen LogP contribution in [0.2, 0.25) is 0 Å². The van der Waals surface area contributed by atoms with E-state index in [0.717, 1.165) is 17.0 Å². The van der Waals surface area contributed by atoms with E-state index in [1.54, 1.807) is 25.3 Å². The van der Waals surface area contributed by atoms with E-state index >= 15 is 0 Å². The minimum absolute atomic E-state index is 0.217. The van der Waals surface area contributed by atoms with E-state index in [-0.39, 0.29) is 17.8 Å². The molecule has 2 aromatic heterocycles. The molecule has 0 aliphatic rings. The van der Waals surface area contributed by atoms with Crippen molar-refractivity contribution in [3.8, 4) is 10.6 Å². The summed E-state index contributed by atoms with van der Waals surface area (Å²) < 4.78 is 15.1. The Labute approximate surface area is 171 Å². The summed E-state index contributed by atoms with van der Waals surface area (Å²) in [5, 5.41) is 3.78. The highest BCUT2D eigenvalue weighted by molar-refractivity contribution is 7.17. The molecule has 0 bridgehead atoms. The molecule has 5 nitrogen and oxygen atoms in total. The zero-order valence-electron chi connectivity index (χ0n) is 16.0. The SMILES string of the molecule is Cc1nc(-c2ccc(F)cc2)sc1C(=O)NC(c1ccccc1)c1nccn1C. The lowest BCUT2D eigenvalue weighted by molar-refractivity contribution is 0.0944. The lowest BCUT2D eigenvalue weighted by Crippen LogP contribution is -2.31. The van der Waals surface area contributed by atoms with Crippen molar-refractivity contribution in [1.29, 1.82) is 0 Å². The molecule has 0 saturated carbocycles. The molecule has 0 fully saturated rings. The second-order valence-corrected chi connectivity index (χ2v) is 7.65. The standard InChI is InChI=1S/C22H19FN4OS/c1-14-19(29-22(25-14)16-8-10-17(23)11-9-16)21(28)26-18(15-6-4-3-5-7-15)20-24-12-13-27(20)2/h3-13,18H,1-2H3,(H,26,28). The maximum absolute atomic E-state index is 13.2. The van der Waals surface area contributed by atoms with E-state index in [1.165, 1.54) is 23.5 Å². The van der Waals surface area contributed by atoms with Crippen molar-refractivity contribution < 1.29 is 9.18 Å². The molecule has 0 aliphatic carbocycles. The van der Waals surface area contributed by atoms with E-state index < -0.39 is 0 Å². The van der Waals surface area contributed by atoms with Crippen LogP contribution < -0.4 is 5.32 Å². The number of carbonyl (C=O) groups is 1. The van der Waals surface area contributed by atoms with Gasteiger partial charge in [-0.1, -0.05) is 30.3 Å². The Hall–Kier alpha value is -3.32. The first-order chi connectivity index (χ1) is 14.0. The summed E-state index contributed by atoms with van der Waals surface area (Å²) in [6.45, 7) is 1.80. The second kappa shape index (κ2) is 7.97. The zero-order chi connectivity index (χ0) is 20.4. The first-order valence-corrected chi connectivity index (χ1v) is 9.91. The van der Waals surface area contributed by atoms with Crippen molar-refractivity contribution in [2.75, 3.05) is 0 Å². The molecule has 0 spiro atoms. The number of thiazole rings is 1. The minimum atomic E-state index is -0.389. The summed E-state index contributed by atoms with van der Waals surface area (Å²) in [5.41, 5.74) is 2.36. The first-order valence-electron chi connectivity index (χ1n) is 9.09. The second-order valence-electron chi connectivity index (χ2n) is 6.65. The van der Waals surface area contributed by atoms with Crippen molar-refractivity contribution in [3.05, 3.63) is 94.8 Å². The quantitative estimate of drug-likeness (QED) is 0.530. The molecular weight excluding hydrogens is 387 g/mol. The molecule has 1 N–H and O–H groups in total. The van der Waals surface area contributed by atoms with Crippen LogP contribution in [0.4, 0.5) is 4.39 Å². The Morgan fingerprint density at radius 3 is 2.52 bits per heavy atom. The Kier molecular flexibility index (Phi) is 5.22. The van der Waals surface area contributed by atoms with Crippen molar-refractivity contribution in [2.24, 2.45) is 7.05 Å². The van der Waals surface area contributed by atoms with Gasteiger partial charge in [0, 0.05) is 25.0 Å². The van der Waals surface area contributed by atoms with Crippen molar-refractivity contribution in [1.82, 2.24) is 19.9 Å². The summed E-state index contributed by atoms with van der Waals surface area (Å²) in [4.78, 5) is 22.6. The van der Waals surface area contributed by atoms with Crippen LogP contribution in [0.25, 0.3) is 10.6 Å². The molecule has 146 valence electrons. The largest absolute Gasteiger partial charge is 0.337 e. The molecule has 2 aromatic carbocycles. The number of rotatable bonds is 5. The van der Waals surface area contributed by atoms with E-state index in [0.29, 0.717) is 15.6 Å². The molecule has 0 aliphatic heterocycles. The number of imidazole rings is 1. The van der Waals surface area contributed by atoms with Crippen LogP contribution in [-0.2, 0) is 7.05 Å². The van der Waals surface area contributed by atoms with Crippen LogP contribution in [0.15, 0.2) is 67.0 Å². The zero-order valence-corrected chi connectivity index (χ0v) is 16.8. The Balaban J connectivity index is 1.65. The van der Waals surface area contributed by atoms with Gasteiger partial charge < -0.3 is 9.88 Å². The number of benzene rings is 2. The fraction of sp³-hybridized carbons (Fsp3) is 0.136. The molecule has 4 aromatic rings. The van der Waals surface area contributed by atoms with Crippen LogP contribution in [0.5, 0.6) is 0 Å². The number of aryl methyl sites for hydroxylation is 2. The van der Waals surface area contributed by atoms with Crippen LogP contribution in [-0.4, -0.2) is 20.4 Å². The fourth-order valence-electron chi connectivity index (χ4n) is 3.12. The van der Waals surface area contributed by atoms with Gasteiger partial charge in [-0.3, -0.25) is 4.79 Å². The van der Waals surface area contributed by atoms with Gasteiger partial charge in [0.15, 0.2) is 0 Å². The molecule has 2 heterocycles. The molecular formula is C22H19FN4OS. The maximum Gasteiger partial charge on any atom is 0.264 e. The van der Waals surface area contributed by atoms with E-state index in [9.17, 15) is 9.18 Å². The third-order valence-electron chi connectivity index (χ3n) is 4.62. The maximum atomic E-state index is 13.2. The number of hydrogen-bond donors (Lipinski definition) is 1. The summed E-state index contributed by atoms with van der Waals surface area (Å²) in [6, 6.07) is 15.4. The highest BCUT2D eigenvalue weighted by Gasteiger charge is 2.24. The molecule has 0 radical (unpaired) electrons. The molecule has 4 rings (SSSR count). The molecule has 1 amide bonds. The van der Waals surface area contributed by atoms with Crippen LogP contribution >= 0.6 is 11.3 Å². The lowest BCUT2D eigenvalue weighted by atomic mass is 10.1. The molecule has 29 heavy (non-hydrogen) atoms. The summed E-state index contributed by atoms with van der Waals surface area (Å²) in [7, 11) is 1.90. The normalized spacial score (nSPS) is 12.0. The number of nitrogens with one attached hydrogen (secondary N) is 1. The van der Waals surface area contributed by atoms with Gasteiger partial charge >= 0.3 is 0 Å². The van der Waals surface area contributed by atoms with Crippen LogP contribution in [0.3, 0.4) is 0 Å². The van der Waals surface area contributed by atoms with Crippen molar-refractivity contribution in [2.45, 2.75) is 13.0 Å². The number of nitrogens with zero attached hydrogens (tertiary/aromatic N) is 3. The average Bonchev–Trinajstić information content (AvgIpc) is 3.33. The van der Waals surface area contributed by atoms with Gasteiger partial charge in [-0.05, 0) is 36.8 Å². The fourth-order valence-corrected chi connectivity index (χ4v) is 4.09. The van der Waals surface area contributed by atoms with Gasteiger partial charge in [0.25, 0.3) is 5.91 Å². The number of halogens is 1. The van der Waals surface area contributed by atoms with Crippen LogP contribution in [0.1, 0.15) is 32.8 Å². The van der Waals surface area contributed by atoms with Crippen molar-refractivity contribution in [3.63, 3.8) is 0 Å². The van der Waals surface area contributed by atoms with Gasteiger partial charge in [0.2, 0.25) is 0 Å². The minimum Gasteiger partial charge on any atom is -0.337 e. The number of amides is 1. The third-order valence-corrected chi connectivity index (χ3v) is 5.82. The highest BCUT2D eigenvalue weighted by Crippen LogP contribution is 2.29. The molecule has 1 atom stereocenters. The predicted octanol–water partition coefficient (Wildman–Crippen LogP) is 4.51. The van der Waals surface area contributed by atoms with E-state index in [1.807, 2.05) is 48.1 Å². The highest BCUT2D eigenvalue weighted by atomic mass is 32.1. The van der Waals surface area contributed by atoms with Gasteiger partial charge in [0.1, 0.15) is 27.6 Å². The molecule has 7 heteroatoms. The molecule has 0 saturated heterocycles. The Bertz CT molecular complexity index is 1140. The molecule has 1 unspecified atom stereocenters. The third kappa shape index (κ3) is 3.95. The summed E-state index contributed by atoms with van der Waals surface area (Å²) >= 11 is 1.29. The van der Waals surface area contributed by atoms with Gasteiger partial charge in [-0.15, -0.1) is 11.3 Å². The summed E-state index contributed by atoms with van der Waals surface area (Å²) in [5.74, 6) is 0.219. The Morgan fingerprint density at radius 2 is 1.86 bits per heavy atom. The number of aromatic nitrogens is 3. The Morgan fingerprint density at radius 1 is 1.14 bits per heavy atom. The predicted molar refractivity (Wildman–Crippen MR) is 111 cm³/mol. The summed E-state index contributed by atoms with van der Waals surface area (Å²) in [6.07, 6.45) is 3.56. The van der Waals surface area contributed by atoms with E-state index in [2.05, 4.69) is 15.3 Å². The van der Waals surface area contributed by atoms with Gasteiger partial charge in [-0.25, -0.2) is 14.4 Å². The van der Waals surface area contributed by atoms with Crippen molar-refractivity contribution >= 4 is 17.2 Å².